The van der Waals surface area contributed by atoms with Crippen LogP contribution in [0, 0.1) is 11.3 Å². The van der Waals surface area contributed by atoms with E-state index < -0.39 is 21.8 Å². The number of aromatic nitrogens is 2. The first-order chi connectivity index (χ1) is 19.3. The molecule has 10 heteroatoms. The summed E-state index contributed by atoms with van der Waals surface area (Å²) in [7, 11) is -3.18. The van der Waals surface area contributed by atoms with Crippen LogP contribution in [0.4, 0.5) is 0 Å². The molecule has 1 atom stereocenters. The van der Waals surface area contributed by atoms with Crippen LogP contribution in [0.25, 0.3) is 23.0 Å². The Morgan fingerprint density at radius 1 is 1.10 bits per heavy atom. The third-order valence-electron chi connectivity index (χ3n) is 6.48. The van der Waals surface area contributed by atoms with Gasteiger partial charge in [0.2, 0.25) is 0 Å². The third kappa shape index (κ3) is 6.42. The minimum atomic E-state index is -3.18. The van der Waals surface area contributed by atoms with E-state index in [1.54, 1.807) is 10.9 Å². The van der Waals surface area contributed by atoms with E-state index in [1.807, 2.05) is 84.9 Å². The summed E-state index contributed by atoms with van der Waals surface area (Å²) in [5.74, 6) is -0.0759. The number of hydrogen-bond donors (Lipinski definition) is 1. The standard InChI is InChI=1S/C30H25ClN4O4S/c31-28-9-5-4-6-22(28)19-39-27-12-10-21(11-13-27)29-24(18-35(34-29)26-7-2-1-3-8-26)16-23(17-32)30(36)33-25-14-15-40(37,38)20-25/h1-13,16,18,25H,14-15,19-20H2,(H,33,36)/b23-16-. The maximum atomic E-state index is 12.9. The molecule has 1 unspecified atom stereocenters. The van der Waals surface area contributed by atoms with Gasteiger partial charge in [0.25, 0.3) is 5.91 Å². The van der Waals surface area contributed by atoms with E-state index in [0.717, 1.165) is 16.8 Å². The molecule has 0 aliphatic carbocycles. The summed E-state index contributed by atoms with van der Waals surface area (Å²) in [6, 6.07) is 25.7. The molecule has 40 heavy (non-hydrogen) atoms. The molecule has 1 aliphatic rings. The second-order valence-corrected chi connectivity index (χ2v) is 12.0. The minimum absolute atomic E-state index is 0.0235. The molecule has 0 spiro atoms. The lowest BCUT2D eigenvalue weighted by Crippen LogP contribution is -2.36. The molecule has 202 valence electrons. The number of ether oxygens (including phenoxy) is 1. The number of amides is 1. The molecule has 2 heterocycles. The van der Waals surface area contributed by atoms with Crippen molar-refractivity contribution in [1.29, 1.82) is 5.26 Å². The number of nitrogens with one attached hydrogen (secondary N) is 1. The van der Waals surface area contributed by atoms with Crippen molar-refractivity contribution in [2.45, 2.75) is 19.1 Å². The number of carbonyl (C=O) groups is 1. The van der Waals surface area contributed by atoms with E-state index in [4.69, 9.17) is 21.4 Å². The summed E-state index contributed by atoms with van der Waals surface area (Å²) in [6.45, 7) is 0.318. The summed E-state index contributed by atoms with van der Waals surface area (Å²) in [4.78, 5) is 12.9. The molecular weight excluding hydrogens is 548 g/mol. The molecule has 0 saturated carbocycles. The lowest BCUT2D eigenvalue weighted by Gasteiger charge is -2.10. The molecule has 1 fully saturated rings. The average molecular weight is 573 g/mol. The first kappa shape index (κ1) is 27.2. The van der Waals surface area contributed by atoms with E-state index >= 15 is 0 Å². The van der Waals surface area contributed by atoms with Crippen molar-refractivity contribution in [3.05, 3.63) is 107 Å². The maximum Gasteiger partial charge on any atom is 0.262 e. The van der Waals surface area contributed by atoms with Crippen molar-refractivity contribution in [1.82, 2.24) is 15.1 Å². The lowest BCUT2D eigenvalue weighted by atomic mass is 10.1. The molecule has 5 rings (SSSR count). The second kappa shape index (κ2) is 11.8. The average Bonchev–Trinajstić information content (AvgIpc) is 3.54. The summed E-state index contributed by atoms with van der Waals surface area (Å²) >= 11 is 6.23. The summed E-state index contributed by atoms with van der Waals surface area (Å²) in [5.41, 5.74) is 3.41. The van der Waals surface area contributed by atoms with Crippen molar-refractivity contribution in [2.24, 2.45) is 0 Å². The molecule has 8 nitrogen and oxygen atoms in total. The lowest BCUT2D eigenvalue weighted by molar-refractivity contribution is -0.117. The Labute approximate surface area is 237 Å². The Morgan fingerprint density at radius 2 is 1.82 bits per heavy atom. The second-order valence-electron chi connectivity index (χ2n) is 9.36. The highest BCUT2D eigenvalue weighted by molar-refractivity contribution is 7.91. The summed E-state index contributed by atoms with van der Waals surface area (Å²) < 4.78 is 31.2. The molecule has 1 amide bonds. The predicted octanol–water partition coefficient (Wildman–Crippen LogP) is 4.98. The molecule has 3 aromatic carbocycles. The topological polar surface area (TPSA) is 114 Å². The van der Waals surface area contributed by atoms with Crippen LogP contribution in [0.15, 0.2) is 90.6 Å². The highest BCUT2D eigenvalue weighted by Crippen LogP contribution is 2.28. The minimum Gasteiger partial charge on any atom is -0.489 e. The van der Waals surface area contributed by atoms with E-state index in [1.165, 1.54) is 6.08 Å². The molecule has 1 saturated heterocycles. The van der Waals surface area contributed by atoms with Crippen molar-refractivity contribution in [2.75, 3.05) is 11.5 Å². The molecule has 1 aliphatic heterocycles. The Balaban J connectivity index is 1.42. The Bertz CT molecular complexity index is 1710. The van der Waals surface area contributed by atoms with Gasteiger partial charge in [-0.25, -0.2) is 13.1 Å². The van der Waals surface area contributed by atoms with Gasteiger partial charge in [-0.2, -0.15) is 10.4 Å². The number of nitrogens with zero attached hydrogens (tertiary/aromatic N) is 3. The van der Waals surface area contributed by atoms with Crippen LogP contribution in [0.3, 0.4) is 0 Å². The highest BCUT2D eigenvalue weighted by atomic mass is 35.5. The quantitative estimate of drug-likeness (QED) is 0.235. The van der Waals surface area contributed by atoms with Gasteiger partial charge in [-0.15, -0.1) is 0 Å². The largest absolute Gasteiger partial charge is 0.489 e. The van der Waals surface area contributed by atoms with Gasteiger partial charge < -0.3 is 10.1 Å². The van der Waals surface area contributed by atoms with E-state index in [0.29, 0.717) is 35.1 Å². The number of para-hydroxylation sites is 1. The van der Waals surface area contributed by atoms with Gasteiger partial charge >= 0.3 is 0 Å². The van der Waals surface area contributed by atoms with Crippen LogP contribution in [-0.2, 0) is 21.2 Å². The van der Waals surface area contributed by atoms with Gasteiger partial charge in [0.1, 0.15) is 24.0 Å². The fourth-order valence-corrected chi connectivity index (χ4v) is 6.26. The van der Waals surface area contributed by atoms with Crippen molar-refractivity contribution >= 4 is 33.4 Å². The van der Waals surface area contributed by atoms with Gasteiger partial charge in [-0.3, -0.25) is 4.79 Å². The monoisotopic (exact) mass is 572 g/mol. The van der Waals surface area contributed by atoms with Crippen molar-refractivity contribution in [3.63, 3.8) is 0 Å². The van der Waals surface area contributed by atoms with E-state index in [9.17, 15) is 18.5 Å². The van der Waals surface area contributed by atoms with Crippen molar-refractivity contribution in [3.8, 4) is 28.8 Å². The number of rotatable bonds is 8. The number of benzene rings is 3. The Kier molecular flexibility index (Phi) is 8.01. The number of carbonyl (C=O) groups excluding carboxylic acids is 1. The first-order valence-electron chi connectivity index (χ1n) is 12.6. The fraction of sp³-hybridized carbons (Fsp3) is 0.167. The van der Waals surface area contributed by atoms with Crippen molar-refractivity contribution < 1.29 is 17.9 Å². The Hall–Kier alpha value is -4.39. The molecule has 4 aromatic rings. The summed E-state index contributed by atoms with van der Waals surface area (Å²) in [5, 5.41) is 17.8. The zero-order valence-electron chi connectivity index (χ0n) is 21.3. The van der Waals surface area contributed by atoms with Crippen LogP contribution in [0.2, 0.25) is 5.02 Å². The number of halogens is 1. The smallest absolute Gasteiger partial charge is 0.262 e. The highest BCUT2D eigenvalue weighted by Gasteiger charge is 2.29. The molecule has 1 N–H and O–H groups in total. The summed E-state index contributed by atoms with van der Waals surface area (Å²) in [6.07, 6.45) is 3.55. The maximum absolute atomic E-state index is 12.9. The van der Waals surface area contributed by atoms with Gasteiger partial charge in [-0.1, -0.05) is 48.0 Å². The first-order valence-corrected chi connectivity index (χ1v) is 14.8. The molecule has 1 aromatic heterocycles. The predicted molar refractivity (Wildman–Crippen MR) is 154 cm³/mol. The van der Waals surface area contributed by atoms with Crippen LogP contribution < -0.4 is 10.1 Å². The third-order valence-corrected chi connectivity index (χ3v) is 8.61. The normalized spacial score (nSPS) is 16.3. The zero-order valence-corrected chi connectivity index (χ0v) is 22.9. The SMILES string of the molecule is N#C/C(=C/c1cn(-c2ccccc2)nc1-c1ccc(OCc2ccccc2Cl)cc1)C(=O)NC1CCS(=O)(=O)C1. The zero-order chi connectivity index (χ0) is 28.1. The number of nitriles is 1. The van der Waals surface area contributed by atoms with Gasteiger partial charge in [0, 0.05) is 34.0 Å². The molecule has 0 radical (unpaired) electrons. The fourth-order valence-electron chi connectivity index (χ4n) is 4.39. The van der Waals surface area contributed by atoms with Gasteiger partial charge in [-0.05, 0) is 55.0 Å². The number of hydrogen-bond acceptors (Lipinski definition) is 6. The van der Waals surface area contributed by atoms with Crippen LogP contribution in [0.1, 0.15) is 17.5 Å². The number of sulfone groups is 1. The van der Waals surface area contributed by atoms with Gasteiger partial charge in [0.15, 0.2) is 9.84 Å². The van der Waals surface area contributed by atoms with Gasteiger partial charge in [0.05, 0.1) is 22.9 Å². The van der Waals surface area contributed by atoms with Crippen LogP contribution in [-0.4, -0.2) is 41.7 Å². The molecule has 0 bridgehead atoms. The molecular formula is C30H25ClN4O4S. The van der Waals surface area contributed by atoms with E-state index in [-0.39, 0.29) is 17.1 Å². The Morgan fingerprint density at radius 3 is 2.50 bits per heavy atom. The van der Waals surface area contributed by atoms with E-state index in [2.05, 4.69) is 5.32 Å². The van der Waals surface area contributed by atoms with Crippen LogP contribution in [0.5, 0.6) is 5.75 Å². The van der Waals surface area contributed by atoms with Crippen LogP contribution >= 0.6 is 11.6 Å².